The van der Waals surface area contributed by atoms with E-state index in [2.05, 4.69) is 13.0 Å². The Morgan fingerprint density at radius 2 is 2.23 bits per heavy atom. The fourth-order valence-corrected chi connectivity index (χ4v) is 1.05. The summed E-state index contributed by atoms with van der Waals surface area (Å²) in [5, 5.41) is 9.50. The molecule has 0 unspecified atom stereocenters. The monoisotopic (exact) mass is 253 g/mol. The second-order valence-electron chi connectivity index (χ2n) is 2.64. The van der Waals surface area contributed by atoms with E-state index in [1.54, 1.807) is 0 Å². The summed E-state index contributed by atoms with van der Waals surface area (Å²) < 4.78 is 0. The minimum Gasteiger partial charge on any atom is -0.401 e. The van der Waals surface area contributed by atoms with E-state index in [4.69, 9.17) is 0 Å². The first-order valence-electron chi connectivity index (χ1n) is 3.98. The van der Waals surface area contributed by atoms with Gasteiger partial charge in [0.1, 0.15) is 0 Å². The van der Waals surface area contributed by atoms with E-state index in [-0.39, 0.29) is 46.2 Å². The maximum Gasteiger partial charge on any atom is 0.0351 e. The zero-order valence-electron chi connectivity index (χ0n) is 8.33. The van der Waals surface area contributed by atoms with Crippen LogP contribution in [-0.2, 0) is 32.7 Å². The van der Waals surface area contributed by atoms with Gasteiger partial charge in [-0.05, 0) is 6.42 Å². The fraction of sp³-hybridized carbons (Fsp3) is 0.364. The van der Waals surface area contributed by atoms with Crippen LogP contribution in [-0.4, -0.2) is 5.11 Å². The van der Waals surface area contributed by atoms with Gasteiger partial charge in [-0.1, -0.05) is 13.3 Å². The molecule has 0 saturated carbocycles. The molecule has 13 heavy (non-hydrogen) atoms. The number of aliphatic hydroxyl groups is 1. The van der Waals surface area contributed by atoms with Gasteiger partial charge in [-0.15, -0.1) is 5.56 Å². The molecule has 0 aliphatic rings. The predicted molar refractivity (Wildman–Crippen MR) is 51.6 cm³/mol. The molecule has 0 fully saturated rings. The molecular formula is C11H16OY-2. The average molecular weight is 253 g/mol. The first-order valence-corrected chi connectivity index (χ1v) is 3.98. The minimum atomic E-state index is -0.308. The molecule has 0 bridgehead atoms. The summed E-state index contributed by atoms with van der Waals surface area (Å²) in [5.41, 5.74) is 0.967. The Bertz CT molecular complexity index is 199. The normalized spacial score (nSPS) is 10.9. The van der Waals surface area contributed by atoms with Crippen molar-refractivity contribution >= 4 is 0 Å². The van der Waals surface area contributed by atoms with E-state index < -0.39 is 0 Å². The molecule has 1 atom stereocenters. The van der Waals surface area contributed by atoms with Crippen LogP contribution in [0, 0.1) is 13.5 Å². The van der Waals surface area contributed by atoms with E-state index in [0.29, 0.717) is 0 Å². The Hall–Kier alpha value is 0.284. The van der Waals surface area contributed by atoms with Crippen LogP contribution in [0.1, 0.15) is 31.4 Å². The van der Waals surface area contributed by atoms with Gasteiger partial charge in [0.05, 0.1) is 0 Å². The zero-order valence-corrected chi connectivity index (χ0v) is 11.2. The van der Waals surface area contributed by atoms with E-state index >= 15 is 0 Å². The van der Waals surface area contributed by atoms with Crippen molar-refractivity contribution in [1.29, 1.82) is 0 Å². The summed E-state index contributed by atoms with van der Waals surface area (Å²) in [7, 11) is 0. The molecule has 1 rings (SSSR count). The molecule has 0 amide bonds. The van der Waals surface area contributed by atoms with E-state index in [1.807, 2.05) is 24.3 Å². The van der Waals surface area contributed by atoms with Gasteiger partial charge in [-0.25, -0.2) is 0 Å². The quantitative estimate of drug-likeness (QED) is 0.821. The van der Waals surface area contributed by atoms with Crippen molar-refractivity contribution in [3.8, 4) is 0 Å². The Morgan fingerprint density at radius 3 is 2.69 bits per heavy atom. The van der Waals surface area contributed by atoms with Crippen LogP contribution in [0.15, 0.2) is 24.3 Å². The number of benzene rings is 1. The van der Waals surface area contributed by atoms with Gasteiger partial charge < -0.3 is 12.5 Å². The molecular weight excluding hydrogens is 237 g/mol. The Labute approximate surface area is 106 Å². The first kappa shape index (κ1) is 15.7. The molecule has 0 saturated heterocycles. The van der Waals surface area contributed by atoms with Gasteiger partial charge >= 0.3 is 0 Å². The SMILES string of the molecule is CCC[C@H](O)c1c[c-]ccc1.[CH3-].[Y]. The van der Waals surface area contributed by atoms with Crippen LogP contribution in [0.25, 0.3) is 0 Å². The Balaban J connectivity index is 0. The van der Waals surface area contributed by atoms with Crippen LogP contribution in [0.2, 0.25) is 0 Å². The van der Waals surface area contributed by atoms with E-state index in [0.717, 1.165) is 18.4 Å². The fourth-order valence-electron chi connectivity index (χ4n) is 1.05. The van der Waals surface area contributed by atoms with Crippen molar-refractivity contribution in [2.24, 2.45) is 0 Å². The zero-order chi connectivity index (χ0) is 8.10. The summed E-state index contributed by atoms with van der Waals surface area (Å²) in [6.07, 6.45) is 1.53. The summed E-state index contributed by atoms with van der Waals surface area (Å²) in [6, 6.07) is 10.4. The second kappa shape index (κ2) is 8.86. The van der Waals surface area contributed by atoms with Gasteiger partial charge in [0.25, 0.3) is 0 Å². The molecule has 0 aliphatic carbocycles. The topological polar surface area (TPSA) is 20.2 Å². The molecule has 1 aromatic rings. The third kappa shape index (κ3) is 5.56. The van der Waals surface area contributed by atoms with Gasteiger partial charge in [0.2, 0.25) is 0 Å². The molecule has 0 aliphatic heterocycles. The van der Waals surface area contributed by atoms with Crippen LogP contribution in [0.3, 0.4) is 0 Å². The maximum absolute atomic E-state index is 9.50. The van der Waals surface area contributed by atoms with Gasteiger partial charge in [0.15, 0.2) is 0 Å². The summed E-state index contributed by atoms with van der Waals surface area (Å²) in [4.78, 5) is 0. The van der Waals surface area contributed by atoms with Gasteiger partial charge in [-0.3, -0.25) is 0 Å². The molecule has 0 spiro atoms. The number of hydrogen-bond donors (Lipinski definition) is 1. The molecule has 0 heterocycles. The summed E-state index contributed by atoms with van der Waals surface area (Å²) in [5.74, 6) is 0. The Kier molecular flexibility index (Phi) is 10.7. The third-order valence-corrected chi connectivity index (χ3v) is 1.68. The van der Waals surface area contributed by atoms with Crippen molar-refractivity contribution in [2.45, 2.75) is 25.9 Å². The van der Waals surface area contributed by atoms with Crippen molar-refractivity contribution < 1.29 is 37.8 Å². The maximum atomic E-state index is 9.50. The number of aliphatic hydroxyl groups excluding tert-OH is 1. The summed E-state index contributed by atoms with van der Waals surface area (Å²) >= 11 is 0. The minimum absolute atomic E-state index is 0. The summed E-state index contributed by atoms with van der Waals surface area (Å²) in [6.45, 7) is 2.07. The van der Waals surface area contributed by atoms with Crippen LogP contribution < -0.4 is 0 Å². The van der Waals surface area contributed by atoms with Crippen molar-refractivity contribution in [3.63, 3.8) is 0 Å². The molecule has 2 heteroatoms. The Morgan fingerprint density at radius 1 is 1.54 bits per heavy atom. The van der Waals surface area contributed by atoms with Crippen LogP contribution >= 0.6 is 0 Å². The molecule has 1 nitrogen and oxygen atoms in total. The van der Waals surface area contributed by atoms with Gasteiger partial charge in [-0.2, -0.15) is 30.3 Å². The third-order valence-electron chi connectivity index (χ3n) is 1.68. The standard InChI is InChI=1S/C10H13O.CH3.Y/c1-2-6-10(11)9-7-4-3-5-8-9;;/h3-4,7-8,10-11H,2,6H2,1H3;1H3;/q2*-1;/t10-;;/m0../s1. The first-order chi connectivity index (χ1) is 5.34. The van der Waals surface area contributed by atoms with E-state index in [9.17, 15) is 5.11 Å². The number of rotatable bonds is 3. The molecule has 71 valence electrons. The molecule has 0 aromatic heterocycles. The smallest absolute Gasteiger partial charge is 0.0351 e. The van der Waals surface area contributed by atoms with Crippen molar-refractivity contribution in [1.82, 2.24) is 0 Å². The van der Waals surface area contributed by atoms with Crippen LogP contribution in [0.5, 0.6) is 0 Å². The van der Waals surface area contributed by atoms with Crippen molar-refractivity contribution in [3.05, 3.63) is 43.3 Å². The molecule has 1 aromatic carbocycles. The number of hydrogen-bond acceptors (Lipinski definition) is 1. The second-order valence-corrected chi connectivity index (χ2v) is 2.64. The predicted octanol–water partition coefficient (Wildman–Crippen LogP) is 2.77. The van der Waals surface area contributed by atoms with E-state index in [1.165, 1.54) is 0 Å². The average Bonchev–Trinajstić information content (AvgIpc) is 2.07. The molecule has 1 radical (unpaired) electrons. The van der Waals surface area contributed by atoms with Gasteiger partial charge in [0, 0.05) is 38.8 Å². The van der Waals surface area contributed by atoms with Crippen molar-refractivity contribution in [2.75, 3.05) is 0 Å². The molecule has 1 N–H and O–H groups in total. The van der Waals surface area contributed by atoms with Crippen LogP contribution in [0.4, 0.5) is 0 Å². The largest absolute Gasteiger partial charge is 0.401 e.